The number of rotatable bonds is 4. The van der Waals surface area contributed by atoms with Gasteiger partial charge in [0.1, 0.15) is 5.56 Å². The van der Waals surface area contributed by atoms with E-state index in [0.717, 1.165) is 6.07 Å². The Morgan fingerprint density at radius 1 is 1.50 bits per heavy atom. The molecule has 1 heterocycles. The van der Waals surface area contributed by atoms with Crippen molar-refractivity contribution in [3.63, 3.8) is 0 Å². The Hall–Kier alpha value is -2.03. The first-order chi connectivity index (χ1) is 8.28. The lowest BCUT2D eigenvalue weighted by molar-refractivity contribution is -0.276. The van der Waals surface area contributed by atoms with Crippen molar-refractivity contribution in [2.45, 2.75) is 12.9 Å². The van der Waals surface area contributed by atoms with Crippen molar-refractivity contribution in [1.29, 1.82) is 0 Å². The molecule has 0 bridgehead atoms. The number of aromatic nitrogens is 1. The van der Waals surface area contributed by atoms with Crippen LogP contribution in [-0.2, 0) is 6.54 Å². The molecule has 0 saturated carbocycles. The van der Waals surface area contributed by atoms with E-state index >= 15 is 0 Å². The zero-order valence-electron chi connectivity index (χ0n) is 9.11. The van der Waals surface area contributed by atoms with E-state index in [9.17, 15) is 18.0 Å². The molecule has 6 nitrogen and oxygen atoms in total. The highest BCUT2D eigenvalue weighted by Gasteiger charge is 2.34. The summed E-state index contributed by atoms with van der Waals surface area (Å²) in [4.78, 5) is 14.1. The van der Waals surface area contributed by atoms with Crippen LogP contribution >= 0.6 is 0 Å². The number of halogens is 3. The topological polar surface area (TPSA) is 94.7 Å². The van der Waals surface area contributed by atoms with Crippen LogP contribution < -0.4 is 15.2 Å². The van der Waals surface area contributed by atoms with Crippen LogP contribution in [-0.4, -0.2) is 29.5 Å². The monoisotopic (exact) mass is 266 g/mol. The largest absolute Gasteiger partial charge is 0.574 e. The molecule has 0 unspecified atom stereocenters. The van der Waals surface area contributed by atoms with Crippen molar-refractivity contribution in [2.75, 3.05) is 7.11 Å². The van der Waals surface area contributed by atoms with Crippen LogP contribution in [0.15, 0.2) is 6.07 Å². The summed E-state index contributed by atoms with van der Waals surface area (Å²) in [5.74, 6) is -2.93. The van der Waals surface area contributed by atoms with E-state index in [-0.39, 0.29) is 18.0 Å². The minimum absolute atomic E-state index is 0.136. The number of carbonyl (C=O) groups is 1. The molecule has 0 aliphatic rings. The van der Waals surface area contributed by atoms with E-state index in [4.69, 9.17) is 15.6 Å². The SMILES string of the molecule is COc1nc(OC(F)(F)F)c(C(=O)O)cc1CN. The van der Waals surface area contributed by atoms with Gasteiger partial charge >= 0.3 is 12.3 Å². The summed E-state index contributed by atoms with van der Waals surface area (Å²) < 4.78 is 44.5. The standard InChI is InChI=1S/C9H9F3N2O4/c1-17-6-4(3-13)2-5(8(15)16)7(14-6)18-9(10,11)12/h2H,3,13H2,1H3,(H,15,16). The second-order valence-corrected chi connectivity index (χ2v) is 3.07. The summed E-state index contributed by atoms with van der Waals surface area (Å²) >= 11 is 0. The lowest BCUT2D eigenvalue weighted by atomic mass is 10.2. The fraction of sp³-hybridized carbons (Fsp3) is 0.333. The lowest BCUT2D eigenvalue weighted by Crippen LogP contribution is -2.20. The van der Waals surface area contributed by atoms with Gasteiger partial charge < -0.3 is 20.3 Å². The highest BCUT2D eigenvalue weighted by Crippen LogP contribution is 2.29. The molecule has 100 valence electrons. The van der Waals surface area contributed by atoms with Gasteiger partial charge in [0.05, 0.1) is 7.11 Å². The molecule has 1 rings (SSSR count). The third-order valence-electron chi connectivity index (χ3n) is 1.88. The summed E-state index contributed by atoms with van der Waals surface area (Å²) in [7, 11) is 1.17. The van der Waals surface area contributed by atoms with Crippen LogP contribution in [0.3, 0.4) is 0 Å². The van der Waals surface area contributed by atoms with Crippen molar-refractivity contribution in [1.82, 2.24) is 4.98 Å². The summed E-state index contributed by atoms with van der Waals surface area (Å²) in [6.45, 7) is -0.136. The number of ether oxygens (including phenoxy) is 2. The quantitative estimate of drug-likeness (QED) is 0.848. The Kier molecular flexibility index (Phi) is 3.96. The Morgan fingerprint density at radius 3 is 2.50 bits per heavy atom. The van der Waals surface area contributed by atoms with Crippen molar-refractivity contribution in [2.24, 2.45) is 5.73 Å². The number of nitrogens with zero attached hydrogens (tertiary/aromatic N) is 1. The highest BCUT2D eigenvalue weighted by atomic mass is 19.4. The van der Waals surface area contributed by atoms with Crippen molar-refractivity contribution >= 4 is 5.97 Å². The first-order valence-electron chi connectivity index (χ1n) is 4.55. The van der Waals surface area contributed by atoms with E-state index in [0.29, 0.717) is 0 Å². The van der Waals surface area contributed by atoms with Gasteiger partial charge in [0.25, 0.3) is 0 Å². The highest BCUT2D eigenvalue weighted by molar-refractivity contribution is 5.90. The van der Waals surface area contributed by atoms with E-state index in [1.165, 1.54) is 7.11 Å². The number of pyridine rings is 1. The van der Waals surface area contributed by atoms with Gasteiger partial charge in [-0.15, -0.1) is 13.2 Å². The smallest absolute Gasteiger partial charge is 0.481 e. The molecule has 0 aromatic carbocycles. The number of methoxy groups -OCH3 is 1. The summed E-state index contributed by atoms with van der Waals surface area (Å²) in [5, 5.41) is 8.78. The van der Waals surface area contributed by atoms with E-state index in [1.807, 2.05) is 0 Å². The van der Waals surface area contributed by atoms with Crippen LogP contribution in [0.4, 0.5) is 13.2 Å². The number of nitrogens with two attached hydrogens (primary N) is 1. The molecule has 0 aliphatic carbocycles. The number of carboxylic acids is 1. The van der Waals surface area contributed by atoms with E-state index < -0.39 is 23.8 Å². The van der Waals surface area contributed by atoms with Gasteiger partial charge in [-0.3, -0.25) is 0 Å². The molecular formula is C9H9F3N2O4. The zero-order valence-corrected chi connectivity index (χ0v) is 9.11. The Balaban J connectivity index is 3.33. The van der Waals surface area contributed by atoms with E-state index in [2.05, 4.69) is 9.72 Å². The molecule has 0 fully saturated rings. The van der Waals surface area contributed by atoms with Gasteiger partial charge in [-0.1, -0.05) is 0 Å². The van der Waals surface area contributed by atoms with E-state index in [1.54, 1.807) is 0 Å². The molecule has 0 saturated heterocycles. The van der Waals surface area contributed by atoms with Crippen molar-refractivity contribution < 1.29 is 32.5 Å². The maximum atomic E-state index is 12.1. The molecule has 0 atom stereocenters. The zero-order chi connectivity index (χ0) is 13.9. The lowest BCUT2D eigenvalue weighted by Gasteiger charge is -2.13. The van der Waals surface area contributed by atoms with Gasteiger partial charge in [-0.05, 0) is 6.07 Å². The Bertz CT molecular complexity index is 462. The third kappa shape index (κ3) is 3.23. The predicted molar refractivity (Wildman–Crippen MR) is 52.3 cm³/mol. The summed E-state index contributed by atoms with van der Waals surface area (Å²) in [6.07, 6.45) is -5.05. The first-order valence-corrected chi connectivity index (χ1v) is 4.55. The van der Waals surface area contributed by atoms with Crippen molar-refractivity contribution in [3.8, 4) is 11.8 Å². The molecule has 0 aliphatic heterocycles. The van der Waals surface area contributed by atoms with Gasteiger partial charge in [-0.25, -0.2) is 4.79 Å². The second kappa shape index (κ2) is 5.08. The molecule has 9 heteroatoms. The first kappa shape index (κ1) is 14.0. The summed E-state index contributed by atoms with van der Waals surface area (Å²) in [5.41, 5.74) is 4.71. The predicted octanol–water partition coefficient (Wildman–Crippen LogP) is 1.15. The Labute approximate surface area is 99.1 Å². The van der Waals surface area contributed by atoms with Gasteiger partial charge in [-0.2, -0.15) is 4.98 Å². The van der Waals surface area contributed by atoms with Crippen LogP contribution in [0.25, 0.3) is 0 Å². The maximum Gasteiger partial charge on any atom is 0.574 e. The van der Waals surface area contributed by atoms with Gasteiger partial charge in [0, 0.05) is 12.1 Å². The average molecular weight is 266 g/mol. The third-order valence-corrected chi connectivity index (χ3v) is 1.88. The molecule has 3 N–H and O–H groups in total. The molecule has 1 aromatic heterocycles. The minimum atomic E-state index is -5.05. The number of carboxylic acid groups (broad SMARTS) is 1. The van der Waals surface area contributed by atoms with Crippen molar-refractivity contribution in [3.05, 3.63) is 17.2 Å². The number of aromatic carboxylic acids is 1. The minimum Gasteiger partial charge on any atom is -0.481 e. The molecule has 18 heavy (non-hydrogen) atoms. The van der Waals surface area contributed by atoms with Crippen LogP contribution in [0.5, 0.6) is 11.8 Å². The molecular weight excluding hydrogens is 257 g/mol. The molecule has 0 amide bonds. The Morgan fingerprint density at radius 2 is 2.11 bits per heavy atom. The summed E-state index contributed by atoms with van der Waals surface area (Å²) in [6, 6.07) is 0.926. The molecule has 1 aromatic rings. The molecule has 0 spiro atoms. The number of alkyl halides is 3. The number of hydrogen-bond donors (Lipinski definition) is 2. The fourth-order valence-corrected chi connectivity index (χ4v) is 1.19. The van der Waals surface area contributed by atoms with Crippen LogP contribution in [0, 0.1) is 0 Å². The van der Waals surface area contributed by atoms with Crippen LogP contribution in [0.1, 0.15) is 15.9 Å². The van der Waals surface area contributed by atoms with Gasteiger partial charge in [0.2, 0.25) is 11.8 Å². The normalized spacial score (nSPS) is 11.2. The van der Waals surface area contributed by atoms with Gasteiger partial charge in [0.15, 0.2) is 0 Å². The average Bonchev–Trinajstić information content (AvgIpc) is 2.25. The maximum absolute atomic E-state index is 12.1. The second-order valence-electron chi connectivity index (χ2n) is 3.07. The number of hydrogen-bond acceptors (Lipinski definition) is 5. The molecule has 0 radical (unpaired) electrons. The fourth-order valence-electron chi connectivity index (χ4n) is 1.19. The van der Waals surface area contributed by atoms with Crippen LogP contribution in [0.2, 0.25) is 0 Å².